The molecule has 0 unspecified atom stereocenters. The molecule has 0 saturated heterocycles. The number of aliphatic hydroxyl groups is 1. The van der Waals surface area contributed by atoms with Gasteiger partial charge in [-0.2, -0.15) is 0 Å². The summed E-state index contributed by atoms with van der Waals surface area (Å²) in [4.78, 5) is 10.9. The summed E-state index contributed by atoms with van der Waals surface area (Å²) in [6.07, 6.45) is 1.44. The van der Waals surface area contributed by atoms with Crippen LogP contribution in [-0.4, -0.2) is 18.2 Å². The van der Waals surface area contributed by atoms with Crippen molar-refractivity contribution in [3.8, 4) is 0 Å². The van der Waals surface area contributed by atoms with Crippen LogP contribution in [0.2, 0.25) is 0 Å². The summed E-state index contributed by atoms with van der Waals surface area (Å²) < 4.78 is 4.57. The van der Waals surface area contributed by atoms with Gasteiger partial charge in [0.1, 0.15) is 0 Å². The molecule has 0 saturated carbocycles. The molecule has 0 atom stereocenters. The summed E-state index contributed by atoms with van der Waals surface area (Å²) in [7, 11) is 1.00. The third kappa shape index (κ3) is 5.11. The molecule has 1 rings (SSSR count). The zero-order valence-electron chi connectivity index (χ0n) is 8.14. The number of esters is 1. The highest BCUT2D eigenvalue weighted by atomic mass is 16.5. The van der Waals surface area contributed by atoms with Gasteiger partial charge in [0.2, 0.25) is 0 Å². The Labute approximate surface area is 83.6 Å². The minimum Gasteiger partial charge on any atom is -0.435 e. The molecule has 0 radical (unpaired) electrons. The molecule has 0 heterocycles. The quantitative estimate of drug-likeness (QED) is 0.586. The number of ether oxygens (including phenoxy) is 1. The summed E-state index contributed by atoms with van der Waals surface area (Å²) >= 11 is 0. The third-order valence-corrected chi connectivity index (χ3v) is 1.41. The minimum atomic E-state index is -0.281. The van der Waals surface area contributed by atoms with Gasteiger partial charge in [-0.05, 0) is 5.56 Å². The van der Waals surface area contributed by atoms with Crippen LogP contribution >= 0.6 is 0 Å². The molecule has 0 amide bonds. The van der Waals surface area contributed by atoms with E-state index < -0.39 is 0 Å². The van der Waals surface area contributed by atoms with E-state index in [0.29, 0.717) is 6.42 Å². The lowest BCUT2D eigenvalue weighted by Gasteiger charge is -1.98. The molecule has 0 spiro atoms. The first kappa shape index (κ1) is 12.4. The Morgan fingerprint density at radius 2 is 2.00 bits per heavy atom. The highest BCUT2D eigenvalue weighted by molar-refractivity contribution is 5.72. The first-order chi connectivity index (χ1) is 6.83. The summed E-state index contributed by atoms with van der Waals surface area (Å²) in [6.45, 7) is 3.30. The van der Waals surface area contributed by atoms with E-state index >= 15 is 0 Å². The maximum absolute atomic E-state index is 10.9. The van der Waals surface area contributed by atoms with Crippen molar-refractivity contribution in [2.45, 2.75) is 6.42 Å². The molecule has 0 bridgehead atoms. The smallest absolute Gasteiger partial charge is 0.315 e. The maximum atomic E-state index is 10.9. The minimum absolute atomic E-state index is 0.281. The monoisotopic (exact) mass is 194 g/mol. The summed E-state index contributed by atoms with van der Waals surface area (Å²) in [5.41, 5.74) is 0.948. The predicted octanol–water partition coefficient (Wildman–Crippen LogP) is 1.52. The molecule has 0 aliphatic heterocycles. The second-order valence-corrected chi connectivity index (χ2v) is 2.32. The Bertz CT molecular complexity index is 267. The van der Waals surface area contributed by atoms with Gasteiger partial charge in [0.05, 0.1) is 12.7 Å². The fourth-order valence-corrected chi connectivity index (χ4v) is 0.897. The zero-order chi connectivity index (χ0) is 10.8. The SMILES string of the molecule is C=COC(=O)Cc1ccccc1.CO. The van der Waals surface area contributed by atoms with Crippen LogP contribution in [0, 0.1) is 0 Å². The van der Waals surface area contributed by atoms with Crippen LogP contribution in [0.3, 0.4) is 0 Å². The first-order valence-electron chi connectivity index (χ1n) is 4.12. The fraction of sp³-hybridized carbons (Fsp3) is 0.182. The van der Waals surface area contributed by atoms with Gasteiger partial charge < -0.3 is 9.84 Å². The van der Waals surface area contributed by atoms with Crippen LogP contribution in [0.25, 0.3) is 0 Å². The molecule has 1 aromatic rings. The molecule has 0 aliphatic carbocycles. The Balaban J connectivity index is 0.000000791. The van der Waals surface area contributed by atoms with Crippen LogP contribution in [0.5, 0.6) is 0 Å². The molecule has 76 valence electrons. The molecule has 14 heavy (non-hydrogen) atoms. The molecule has 0 aliphatic rings. The van der Waals surface area contributed by atoms with Crippen molar-refractivity contribution in [3.05, 3.63) is 48.7 Å². The van der Waals surface area contributed by atoms with Crippen LogP contribution in [0.4, 0.5) is 0 Å². The van der Waals surface area contributed by atoms with Crippen molar-refractivity contribution in [3.63, 3.8) is 0 Å². The molecule has 3 heteroatoms. The van der Waals surface area contributed by atoms with Crippen LogP contribution < -0.4 is 0 Å². The average Bonchev–Trinajstić information content (AvgIpc) is 2.22. The van der Waals surface area contributed by atoms with Crippen molar-refractivity contribution in [2.75, 3.05) is 7.11 Å². The fourth-order valence-electron chi connectivity index (χ4n) is 0.897. The van der Waals surface area contributed by atoms with E-state index in [1.54, 1.807) is 0 Å². The molecular weight excluding hydrogens is 180 g/mol. The van der Waals surface area contributed by atoms with Crippen LogP contribution in [0.1, 0.15) is 5.56 Å². The van der Waals surface area contributed by atoms with Gasteiger partial charge in [-0.25, -0.2) is 0 Å². The topological polar surface area (TPSA) is 46.5 Å². The van der Waals surface area contributed by atoms with E-state index in [1.165, 1.54) is 0 Å². The molecule has 3 nitrogen and oxygen atoms in total. The predicted molar refractivity (Wildman–Crippen MR) is 54.6 cm³/mol. The number of carbonyl (C=O) groups is 1. The number of hydrogen-bond donors (Lipinski definition) is 1. The van der Waals surface area contributed by atoms with E-state index in [9.17, 15) is 4.79 Å². The van der Waals surface area contributed by atoms with Crippen molar-refractivity contribution in [1.82, 2.24) is 0 Å². The number of benzene rings is 1. The Morgan fingerprint density at radius 3 is 2.50 bits per heavy atom. The van der Waals surface area contributed by atoms with E-state index in [4.69, 9.17) is 5.11 Å². The highest BCUT2D eigenvalue weighted by Gasteiger charge is 2.00. The Kier molecular flexibility index (Phi) is 7.09. The lowest BCUT2D eigenvalue weighted by Crippen LogP contribution is -2.03. The Morgan fingerprint density at radius 1 is 1.43 bits per heavy atom. The summed E-state index contributed by atoms with van der Waals surface area (Å²) in [5, 5.41) is 7.00. The highest BCUT2D eigenvalue weighted by Crippen LogP contribution is 2.00. The van der Waals surface area contributed by atoms with Gasteiger partial charge in [0.25, 0.3) is 0 Å². The second kappa shape index (κ2) is 8.01. The number of hydrogen-bond acceptors (Lipinski definition) is 3. The van der Waals surface area contributed by atoms with Gasteiger partial charge in [0.15, 0.2) is 0 Å². The second-order valence-electron chi connectivity index (χ2n) is 2.32. The van der Waals surface area contributed by atoms with E-state index in [-0.39, 0.29) is 5.97 Å². The number of carbonyl (C=O) groups excluding carboxylic acids is 1. The molecule has 1 aromatic carbocycles. The van der Waals surface area contributed by atoms with E-state index in [0.717, 1.165) is 18.9 Å². The van der Waals surface area contributed by atoms with Crippen molar-refractivity contribution in [2.24, 2.45) is 0 Å². The molecule has 1 N–H and O–H groups in total. The van der Waals surface area contributed by atoms with Crippen molar-refractivity contribution >= 4 is 5.97 Å². The average molecular weight is 194 g/mol. The number of aliphatic hydroxyl groups excluding tert-OH is 1. The van der Waals surface area contributed by atoms with Crippen molar-refractivity contribution < 1.29 is 14.6 Å². The molecule has 0 aromatic heterocycles. The van der Waals surface area contributed by atoms with Gasteiger partial charge in [-0.15, -0.1) is 0 Å². The van der Waals surface area contributed by atoms with E-state index in [1.807, 2.05) is 30.3 Å². The van der Waals surface area contributed by atoms with Crippen molar-refractivity contribution in [1.29, 1.82) is 0 Å². The van der Waals surface area contributed by atoms with Gasteiger partial charge in [-0.3, -0.25) is 4.79 Å². The third-order valence-electron chi connectivity index (χ3n) is 1.41. The largest absolute Gasteiger partial charge is 0.435 e. The van der Waals surface area contributed by atoms with Crippen LogP contribution in [0.15, 0.2) is 43.2 Å². The van der Waals surface area contributed by atoms with Gasteiger partial charge in [0, 0.05) is 7.11 Å². The summed E-state index contributed by atoms with van der Waals surface area (Å²) in [5.74, 6) is -0.281. The maximum Gasteiger partial charge on any atom is 0.315 e. The first-order valence-corrected chi connectivity index (χ1v) is 4.12. The standard InChI is InChI=1S/C10H10O2.CH4O/c1-2-12-10(11)8-9-6-4-3-5-7-9;1-2/h2-7H,1,8H2;2H,1H3. The van der Waals surface area contributed by atoms with Gasteiger partial charge >= 0.3 is 5.97 Å². The zero-order valence-corrected chi connectivity index (χ0v) is 8.14. The van der Waals surface area contributed by atoms with Crippen LogP contribution in [-0.2, 0) is 16.0 Å². The lowest BCUT2D eigenvalue weighted by molar-refractivity contribution is -0.137. The van der Waals surface area contributed by atoms with Gasteiger partial charge in [-0.1, -0.05) is 36.9 Å². The number of rotatable bonds is 3. The lowest BCUT2D eigenvalue weighted by atomic mass is 10.2. The molecular formula is C11H14O3. The molecule has 0 fully saturated rings. The Hall–Kier alpha value is -1.61. The summed E-state index contributed by atoms with van der Waals surface area (Å²) in [6, 6.07) is 9.43. The normalized spacial score (nSPS) is 8.14. The van der Waals surface area contributed by atoms with E-state index in [2.05, 4.69) is 11.3 Å².